The second-order valence-electron chi connectivity index (χ2n) is 2.94. The summed E-state index contributed by atoms with van der Waals surface area (Å²) in [6.07, 6.45) is 4.50. The standard InChI is InChI=1S/C9H15N3/c1-7(11)9(5-10)8-3-2-4-12-6-8/h3,5,10,12H,2,4,6,11H2,1H3. The highest BCUT2D eigenvalue weighted by atomic mass is 14.9. The van der Waals surface area contributed by atoms with Crippen molar-refractivity contribution >= 4 is 6.21 Å². The Bertz CT molecular complexity index is 234. The molecule has 3 heteroatoms. The third-order valence-corrected chi connectivity index (χ3v) is 1.94. The molecule has 1 aliphatic heterocycles. The van der Waals surface area contributed by atoms with Crippen LogP contribution >= 0.6 is 0 Å². The molecule has 0 saturated carbocycles. The number of nitrogens with two attached hydrogens (primary N) is 1. The maximum Gasteiger partial charge on any atom is 0.0270 e. The Labute approximate surface area is 72.8 Å². The van der Waals surface area contributed by atoms with E-state index in [1.54, 1.807) is 0 Å². The first-order valence-corrected chi connectivity index (χ1v) is 4.12. The first-order valence-electron chi connectivity index (χ1n) is 4.12. The highest BCUT2D eigenvalue weighted by Gasteiger charge is 2.07. The summed E-state index contributed by atoms with van der Waals surface area (Å²) in [4.78, 5) is 0. The predicted octanol–water partition coefficient (Wildman–Crippen LogP) is 0.788. The fourth-order valence-electron chi connectivity index (χ4n) is 1.31. The van der Waals surface area contributed by atoms with Crippen molar-refractivity contribution in [1.29, 1.82) is 5.41 Å². The molecule has 0 aromatic rings. The van der Waals surface area contributed by atoms with Gasteiger partial charge in [-0.3, -0.25) is 0 Å². The van der Waals surface area contributed by atoms with Crippen LogP contribution in [0.15, 0.2) is 22.9 Å². The summed E-state index contributed by atoms with van der Waals surface area (Å²) in [6.45, 7) is 3.69. The Kier molecular flexibility index (Phi) is 3.05. The molecule has 0 aromatic heterocycles. The van der Waals surface area contributed by atoms with Gasteiger partial charge in [-0.15, -0.1) is 0 Å². The number of allylic oxidation sites excluding steroid dienone is 1. The van der Waals surface area contributed by atoms with Gasteiger partial charge in [0.15, 0.2) is 0 Å². The SMILES string of the molecule is CC(N)=C(C=N)C1=CCCNC1. The van der Waals surface area contributed by atoms with Gasteiger partial charge in [-0.1, -0.05) is 6.08 Å². The molecule has 0 aromatic carbocycles. The lowest BCUT2D eigenvalue weighted by atomic mass is 10.0. The van der Waals surface area contributed by atoms with Crippen LogP contribution in [0.3, 0.4) is 0 Å². The lowest BCUT2D eigenvalue weighted by Gasteiger charge is -2.15. The lowest BCUT2D eigenvalue weighted by molar-refractivity contribution is 0.709. The summed E-state index contributed by atoms with van der Waals surface area (Å²) in [6, 6.07) is 0. The Morgan fingerprint density at radius 3 is 2.92 bits per heavy atom. The van der Waals surface area contributed by atoms with Crippen LogP contribution in [0.4, 0.5) is 0 Å². The molecule has 0 aliphatic carbocycles. The molecule has 0 fully saturated rings. The van der Waals surface area contributed by atoms with Crippen molar-refractivity contribution in [2.45, 2.75) is 13.3 Å². The third kappa shape index (κ3) is 1.95. The first kappa shape index (κ1) is 9.00. The Morgan fingerprint density at radius 2 is 2.50 bits per heavy atom. The molecule has 0 radical (unpaired) electrons. The molecule has 1 aliphatic rings. The van der Waals surface area contributed by atoms with Crippen molar-refractivity contribution in [3.05, 3.63) is 22.9 Å². The fourth-order valence-corrected chi connectivity index (χ4v) is 1.31. The molecule has 4 N–H and O–H groups in total. The molecule has 1 heterocycles. The highest BCUT2D eigenvalue weighted by molar-refractivity contribution is 5.83. The van der Waals surface area contributed by atoms with E-state index in [0.717, 1.165) is 36.4 Å². The summed E-state index contributed by atoms with van der Waals surface area (Å²) in [5.41, 5.74) is 8.37. The van der Waals surface area contributed by atoms with Crippen LogP contribution in [-0.2, 0) is 0 Å². The van der Waals surface area contributed by atoms with Crippen molar-refractivity contribution in [2.75, 3.05) is 13.1 Å². The van der Waals surface area contributed by atoms with Gasteiger partial charge >= 0.3 is 0 Å². The first-order chi connectivity index (χ1) is 5.75. The molecule has 0 unspecified atom stereocenters. The minimum Gasteiger partial charge on any atom is -0.402 e. The zero-order valence-electron chi connectivity index (χ0n) is 7.35. The van der Waals surface area contributed by atoms with Crippen LogP contribution in [0.5, 0.6) is 0 Å². The number of nitrogens with one attached hydrogen (secondary N) is 2. The minimum absolute atomic E-state index is 0.722. The van der Waals surface area contributed by atoms with E-state index in [4.69, 9.17) is 11.1 Å². The largest absolute Gasteiger partial charge is 0.402 e. The second kappa shape index (κ2) is 4.07. The molecule has 0 amide bonds. The number of hydrogen-bond acceptors (Lipinski definition) is 3. The van der Waals surface area contributed by atoms with Gasteiger partial charge in [-0.05, 0) is 25.5 Å². The third-order valence-electron chi connectivity index (χ3n) is 1.94. The second-order valence-corrected chi connectivity index (χ2v) is 2.94. The van der Waals surface area contributed by atoms with E-state index in [9.17, 15) is 0 Å². The zero-order valence-corrected chi connectivity index (χ0v) is 7.35. The van der Waals surface area contributed by atoms with Crippen LogP contribution in [0.25, 0.3) is 0 Å². The maximum absolute atomic E-state index is 7.20. The highest BCUT2D eigenvalue weighted by Crippen LogP contribution is 2.12. The number of rotatable bonds is 2. The van der Waals surface area contributed by atoms with Gasteiger partial charge in [0.2, 0.25) is 0 Å². The molecule has 0 saturated heterocycles. The number of hydrogen-bond donors (Lipinski definition) is 3. The average Bonchev–Trinajstić information content (AvgIpc) is 2.07. The van der Waals surface area contributed by atoms with Gasteiger partial charge in [0, 0.05) is 24.0 Å². The summed E-state index contributed by atoms with van der Waals surface area (Å²) in [5, 5.41) is 10.4. The van der Waals surface area contributed by atoms with E-state index in [1.165, 1.54) is 6.21 Å². The monoisotopic (exact) mass is 165 g/mol. The maximum atomic E-state index is 7.20. The van der Waals surface area contributed by atoms with Crippen LogP contribution in [-0.4, -0.2) is 19.3 Å². The van der Waals surface area contributed by atoms with Crippen molar-refractivity contribution in [2.24, 2.45) is 5.73 Å². The van der Waals surface area contributed by atoms with Crippen molar-refractivity contribution in [1.82, 2.24) is 5.32 Å². The molecule has 0 atom stereocenters. The molecule has 3 nitrogen and oxygen atoms in total. The van der Waals surface area contributed by atoms with Crippen LogP contribution in [0.1, 0.15) is 13.3 Å². The smallest absolute Gasteiger partial charge is 0.0270 e. The van der Waals surface area contributed by atoms with E-state index in [1.807, 2.05) is 6.92 Å². The van der Waals surface area contributed by atoms with E-state index in [-0.39, 0.29) is 0 Å². The van der Waals surface area contributed by atoms with Gasteiger partial charge in [-0.25, -0.2) is 0 Å². The molecule has 0 bridgehead atoms. The van der Waals surface area contributed by atoms with E-state index < -0.39 is 0 Å². The van der Waals surface area contributed by atoms with Gasteiger partial charge in [-0.2, -0.15) is 0 Å². The van der Waals surface area contributed by atoms with Crippen molar-refractivity contribution < 1.29 is 0 Å². The Balaban J connectivity index is 2.86. The minimum atomic E-state index is 0.722. The Morgan fingerprint density at radius 1 is 1.75 bits per heavy atom. The normalized spacial score (nSPS) is 19.6. The van der Waals surface area contributed by atoms with Gasteiger partial charge < -0.3 is 16.5 Å². The zero-order chi connectivity index (χ0) is 8.97. The van der Waals surface area contributed by atoms with E-state index >= 15 is 0 Å². The van der Waals surface area contributed by atoms with E-state index in [2.05, 4.69) is 11.4 Å². The van der Waals surface area contributed by atoms with Crippen LogP contribution < -0.4 is 11.1 Å². The molecule has 0 spiro atoms. The summed E-state index contributed by atoms with van der Waals surface area (Å²) < 4.78 is 0. The lowest BCUT2D eigenvalue weighted by Crippen LogP contribution is -2.24. The molecule has 66 valence electrons. The quantitative estimate of drug-likeness (QED) is 0.530. The molecule has 12 heavy (non-hydrogen) atoms. The molecule has 1 rings (SSSR count). The topological polar surface area (TPSA) is 61.9 Å². The molecular formula is C9H15N3. The van der Waals surface area contributed by atoms with Gasteiger partial charge in [0.1, 0.15) is 0 Å². The van der Waals surface area contributed by atoms with Crippen molar-refractivity contribution in [3.63, 3.8) is 0 Å². The van der Waals surface area contributed by atoms with Crippen molar-refractivity contribution in [3.8, 4) is 0 Å². The van der Waals surface area contributed by atoms with Gasteiger partial charge in [0.05, 0.1) is 0 Å². The summed E-state index contributed by atoms with van der Waals surface area (Å²) in [7, 11) is 0. The summed E-state index contributed by atoms with van der Waals surface area (Å²) in [5.74, 6) is 0. The fraction of sp³-hybridized carbons (Fsp3) is 0.444. The average molecular weight is 165 g/mol. The van der Waals surface area contributed by atoms with Crippen LogP contribution in [0, 0.1) is 5.41 Å². The van der Waals surface area contributed by atoms with Gasteiger partial charge in [0.25, 0.3) is 0 Å². The molecular weight excluding hydrogens is 150 g/mol. The van der Waals surface area contributed by atoms with Crippen LogP contribution in [0.2, 0.25) is 0 Å². The predicted molar refractivity (Wildman–Crippen MR) is 51.2 cm³/mol. The van der Waals surface area contributed by atoms with E-state index in [0.29, 0.717) is 0 Å². The summed E-state index contributed by atoms with van der Waals surface area (Å²) >= 11 is 0. The Hall–Kier alpha value is -1.09.